The highest BCUT2D eigenvalue weighted by molar-refractivity contribution is 5.73. The molecule has 4 heteroatoms. The van der Waals surface area contributed by atoms with E-state index in [1.165, 1.54) is 0 Å². The first kappa shape index (κ1) is 14.2. The molecule has 0 aliphatic rings. The summed E-state index contributed by atoms with van der Waals surface area (Å²) in [5.74, 6) is -0.629. The minimum Gasteiger partial charge on any atom is -0.461 e. The summed E-state index contributed by atoms with van der Waals surface area (Å²) in [6, 6.07) is 15.2. The summed E-state index contributed by atoms with van der Waals surface area (Å²) >= 11 is 0. The molecule has 0 fully saturated rings. The Kier molecular flexibility index (Phi) is 5.26. The minimum absolute atomic E-state index is 0.254. The first-order valence-corrected chi connectivity index (χ1v) is 6.60. The molecule has 0 bridgehead atoms. The molecule has 4 nitrogen and oxygen atoms in total. The number of ether oxygens (including phenoxy) is 1. The van der Waals surface area contributed by atoms with Crippen LogP contribution in [0.25, 0.3) is 0 Å². The molecule has 104 valence electrons. The molecule has 1 heterocycles. The van der Waals surface area contributed by atoms with Gasteiger partial charge in [-0.1, -0.05) is 36.4 Å². The molecule has 2 aromatic rings. The van der Waals surface area contributed by atoms with E-state index in [0.717, 1.165) is 11.3 Å². The number of nitrogens with zero attached hydrogens (tertiary/aromatic N) is 1. The SMILES string of the molecule is NCC(Cc1ccccn1)C(=O)OCc1ccccc1. The van der Waals surface area contributed by atoms with Gasteiger partial charge in [0.2, 0.25) is 0 Å². The lowest BCUT2D eigenvalue weighted by Crippen LogP contribution is -2.27. The molecule has 0 radical (unpaired) electrons. The average molecular weight is 270 g/mol. The van der Waals surface area contributed by atoms with Crippen molar-refractivity contribution in [1.82, 2.24) is 4.98 Å². The van der Waals surface area contributed by atoms with Gasteiger partial charge in [0.1, 0.15) is 6.61 Å². The van der Waals surface area contributed by atoms with Crippen molar-refractivity contribution in [2.75, 3.05) is 6.54 Å². The second-order valence-electron chi connectivity index (χ2n) is 4.55. The third-order valence-electron chi connectivity index (χ3n) is 3.02. The molecule has 1 aromatic carbocycles. The lowest BCUT2D eigenvalue weighted by atomic mass is 10.0. The van der Waals surface area contributed by atoms with E-state index in [-0.39, 0.29) is 25.0 Å². The van der Waals surface area contributed by atoms with Crippen LogP contribution in [0.1, 0.15) is 11.3 Å². The van der Waals surface area contributed by atoms with Gasteiger partial charge in [-0.2, -0.15) is 0 Å². The van der Waals surface area contributed by atoms with Crippen molar-refractivity contribution in [3.63, 3.8) is 0 Å². The number of rotatable bonds is 6. The third kappa shape index (κ3) is 4.17. The van der Waals surface area contributed by atoms with Gasteiger partial charge in [0.15, 0.2) is 0 Å². The monoisotopic (exact) mass is 270 g/mol. The van der Waals surface area contributed by atoms with E-state index in [4.69, 9.17) is 10.5 Å². The molecule has 2 rings (SSSR count). The quantitative estimate of drug-likeness (QED) is 0.815. The number of hydrogen-bond donors (Lipinski definition) is 1. The molecule has 0 amide bonds. The Bertz CT molecular complexity index is 529. The highest BCUT2D eigenvalue weighted by atomic mass is 16.5. The maximum Gasteiger partial charge on any atom is 0.310 e. The fraction of sp³-hybridized carbons (Fsp3) is 0.250. The summed E-state index contributed by atoms with van der Waals surface area (Å²) in [5, 5.41) is 0. The Balaban J connectivity index is 1.89. The molecular weight excluding hydrogens is 252 g/mol. The van der Waals surface area contributed by atoms with Crippen LogP contribution in [-0.2, 0) is 22.6 Å². The fourth-order valence-electron chi connectivity index (χ4n) is 1.88. The molecule has 0 aliphatic heterocycles. The number of esters is 1. The van der Waals surface area contributed by atoms with Crippen molar-refractivity contribution in [3.8, 4) is 0 Å². The average Bonchev–Trinajstić information content (AvgIpc) is 2.52. The zero-order valence-electron chi connectivity index (χ0n) is 11.2. The van der Waals surface area contributed by atoms with Crippen LogP contribution < -0.4 is 5.73 Å². The van der Waals surface area contributed by atoms with Gasteiger partial charge >= 0.3 is 5.97 Å². The molecular formula is C16H18N2O2. The van der Waals surface area contributed by atoms with Crippen LogP contribution in [0.3, 0.4) is 0 Å². The van der Waals surface area contributed by atoms with Crippen molar-refractivity contribution in [3.05, 3.63) is 66.0 Å². The van der Waals surface area contributed by atoms with Crippen LogP contribution in [0.2, 0.25) is 0 Å². The molecule has 1 aromatic heterocycles. The second kappa shape index (κ2) is 7.40. The van der Waals surface area contributed by atoms with Gasteiger partial charge in [0.25, 0.3) is 0 Å². The Morgan fingerprint density at radius 3 is 2.55 bits per heavy atom. The van der Waals surface area contributed by atoms with Crippen molar-refractivity contribution in [2.45, 2.75) is 13.0 Å². The summed E-state index contributed by atoms with van der Waals surface area (Å²) < 4.78 is 5.31. The summed E-state index contributed by atoms with van der Waals surface area (Å²) in [4.78, 5) is 16.2. The Morgan fingerprint density at radius 2 is 1.90 bits per heavy atom. The summed E-state index contributed by atoms with van der Waals surface area (Å²) in [7, 11) is 0. The predicted molar refractivity (Wildman–Crippen MR) is 76.7 cm³/mol. The van der Waals surface area contributed by atoms with Crippen LogP contribution in [0.4, 0.5) is 0 Å². The zero-order chi connectivity index (χ0) is 14.2. The number of pyridine rings is 1. The van der Waals surface area contributed by atoms with E-state index >= 15 is 0 Å². The highest BCUT2D eigenvalue weighted by Gasteiger charge is 2.19. The van der Waals surface area contributed by atoms with Gasteiger partial charge in [0, 0.05) is 24.9 Å². The van der Waals surface area contributed by atoms with Crippen molar-refractivity contribution < 1.29 is 9.53 Å². The molecule has 1 atom stereocenters. The van der Waals surface area contributed by atoms with Gasteiger partial charge < -0.3 is 10.5 Å². The Morgan fingerprint density at radius 1 is 1.15 bits per heavy atom. The van der Waals surface area contributed by atoms with Crippen molar-refractivity contribution in [2.24, 2.45) is 11.7 Å². The molecule has 2 N–H and O–H groups in total. The Labute approximate surface area is 118 Å². The van der Waals surface area contributed by atoms with Crippen LogP contribution in [-0.4, -0.2) is 17.5 Å². The lowest BCUT2D eigenvalue weighted by molar-refractivity contribution is -0.149. The maximum absolute atomic E-state index is 12.0. The van der Waals surface area contributed by atoms with Crippen LogP contribution in [0.5, 0.6) is 0 Å². The first-order chi connectivity index (χ1) is 9.79. The van der Waals surface area contributed by atoms with Gasteiger partial charge in [-0.05, 0) is 17.7 Å². The molecule has 0 saturated carbocycles. The largest absolute Gasteiger partial charge is 0.461 e. The number of nitrogens with two attached hydrogens (primary N) is 1. The molecule has 0 saturated heterocycles. The molecule has 0 spiro atoms. The highest BCUT2D eigenvalue weighted by Crippen LogP contribution is 2.09. The van der Waals surface area contributed by atoms with Gasteiger partial charge in [-0.25, -0.2) is 0 Å². The summed E-state index contributed by atoms with van der Waals surface area (Å²) in [6.45, 7) is 0.530. The number of carbonyl (C=O) groups is 1. The third-order valence-corrected chi connectivity index (χ3v) is 3.02. The Hall–Kier alpha value is -2.20. The zero-order valence-corrected chi connectivity index (χ0v) is 11.2. The van der Waals surface area contributed by atoms with E-state index < -0.39 is 0 Å². The normalized spacial score (nSPS) is 11.8. The standard InChI is InChI=1S/C16H18N2O2/c17-11-14(10-15-8-4-5-9-18-15)16(19)20-12-13-6-2-1-3-7-13/h1-9,14H,10-12,17H2. The van der Waals surface area contributed by atoms with Crippen molar-refractivity contribution in [1.29, 1.82) is 0 Å². The van der Waals surface area contributed by atoms with Crippen LogP contribution >= 0.6 is 0 Å². The number of benzene rings is 1. The summed E-state index contributed by atoms with van der Waals surface area (Å²) in [6.07, 6.45) is 2.21. The predicted octanol–water partition coefficient (Wildman–Crippen LogP) is 1.94. The number of aromatic nitrogens is 1. The number of hydrogen-bond acceptors (Lipinski definition) is 4. The van der Waals surface area contributed by atoms with Crippen molar-refractivity contribution >= 4 is 5.97 Å². The van der Waals surface area contributed by atoms with E-state index in [9.17, 15) is 4.79 Å². The second-order valence-corrected chi connectivity index (χ2v) is 4.55. The smallest absolute Gasteiger partial charge is 0.310 e. The van der Waals surface area contributed by atoms with Crippen LogP contribution in [0, 0.1) is 5.92 Å². The summed E-state index contributed by atoms with van der Waals surface area (Å²) in [5.41, 5.74) is 7.48. The van der Waals surface area contributed by atoms with E-state index in [0.29, 0.717) is 6.42 Å². The maximum atomic E-state index is 12.0. The topological polar surface area (TPSA) is 65.2 Å². The van der Waals surface area contributed by atoms with Gasteiger partial charge in [-0.15, -0.1) is 0 Å². The first-order valence-electron chi connectivity index (χ1n) is 6.60. The molecule has 20 heavy (non-hydrogen) atoms. The van der Waals surface area contributed by atoms with E-state index in [2.05, 4.69) is 4.98 Å². The van der Waals surface area contributed by atoms with E-state index in [1.54, 1.807) is 6.20 Å². The fourth-order valence-corrected chi connectivity index (χ4v) is 1.88. The van der Waals surface area contributed by atoms with Gasteiger partial charge in [-0.3, -0.25) is 9.78 Å². The molecule has 1 unspecified atom stereocenters. The minimum atomic E-state index is -0.353. The van der Waals surface area contributed by atoms with Crippen LogP contribution in [0.15, 0.2) is 54.7 Å². The molecule has 0 aliphatic carbocycles. The lowest BCUT2D eigenvalue weighted by Gasteiger charge is -2.13. The van der Waals surface area contributed by atoms with E-state index in [1.807, 2.05) is 48.5 Å². The number of carbonyl (C=O) groups excluding carboxylic acids is 1. The van der Waals surface area contributed by atoms with Gasteiger partial charge in [0.05, 0.1) is 5.92 Å².